The van der Waals surface area contributed by atoms with Gasteiger partial charge in [-0.3, -0.25) is 10.1 Å². The highest BCUT2D eigenvalue weighted by Crippen LogP contribution is 2.11. The molecule has 3 N–H and O–H groups in total. The van der Waals surface area contributed by atoms with Gasteiger partial charge in [0.25, 0.3) is 0 Å². The van der Waals surface area contributed by atoms with Gasteiger partial charge in [0.2, 0.25) is 0 Å². The molecule has 0 saturated carbocycles. The Bertz CT molecular complexity index is 311. The fraction of sp³-hybridized carbons (Fsp3) is 0.500. The molecule has 0 fully saturated rings. The number of rotatable bonds is 2. The van der Waals surface area contributed by atoms with Crippen LogP contribution in [0.4, 0.5) is 0 Å². The zero-order chi connectivity index (χ0) is 9.30. The standard InChI is InChI=1S/C8H14N4/c1-4-12-6(3)7(8(9)10)5(2)11-12/h4H2,1-3H3,(H3,9,10). The molecular formula is C8H14N4. The van der Waals surface area contributed by atoms with Gasteiger partial charge in [0.1, 0.15) is 5.84 Å². The van der Waals surface area contributed by atoms with Crippen LogP contribution in [0.5, 0.6) is 0 Å². The Morgan fingerprint density at radius 3 is 2.42 bits per heavy atom. The van der Waals surface area contributed by atoms with Crippen LogP contribution in [-0.4, -0.2) is 15.6 Å². The number of hydrogen-bond acceptors (Lipinski definition) is 2. The lowest BCUT2D eigenvalue weighted by Gasteiger charge is -1.99. The molecule has 1 aromatic heterocycles. The van der Waals surface area contributed by atoms with Gasteiger partial charge in [-0.05, 0) is 20.8 Å². The topological polar surface area (TPSA) is 67.7 Å². The minimum absolute atomic E-state index is 0.102. The van der Waals surface area contributed by atoms with Crippen molar-refractivity contribution in [3.05, 3.63) is 17.0 Å². The second-order valence-electron chi connectivity index (χ2n) is 2.78. The Labute approximate surface area is 71.9 Å². The molecule has 1 heterocycles. The van der Waals surface area contributed by atoms with Gasteiger partial charge in [0.05, 0.1) is 11.3 Å². The van der Waals surface area contributed by atoms with Crippen LogP contribution in [0.3, 0.4) is 0 Å². The van der Waals surface area contributed by atoms with E-state index < -0.39 is 0 Å². The van der Waals surface area contributed by atoms with E-state index in [1.54, 1.807) is 0 Å². The molecule has 1 aromatic rings. The second kappa shape index (κ2) is 2.97. The highest BCUT2D eigenvalue weighted by Gasteiger charge is 2.11. The molecule has 0 saturated heterocycles. The van der Waals surface area contributed by atoms with E-state index in [0.29, 0.717) is 0 Å². The van der Waals surface area contributed by atoms with E-state index in [4.69, 9.17) is 11.1 Å². The van der Waals surface area contributed by atoms with Gasteiger partial charge in [-0.25, -0.2) is 0 Å². The Balaban J connectivity index is 3.28. The van der Waals surface area contributed by atoms with Crippen LogP contribution in [0.1, 0.15) is 23.9 Å². The fourth-order valence-corrected chi connectivity index (χ4v) is 1.39. The molecule has 12 heavy (non-hydrogen) atoms. The number of nitrogen functional groups attached to an aromatic ring is 1. The van der Waals surface area contributed by atoms with Crippen LogP contribution < -0.4 is 5.73 Å². The van der Waals surface area contributed by atoms with Gasteiger partial charge < -0.3 is 5.73 Å². The molecule has 0 aromatic carbocycles. The average Bonchev–Trinajstić information content (AvgIpc) is 2.25. The van der Waals surface area contributed by atoms with Crippen molar-refractivity contribution < 1.29 is 0 Å². The smallest absolute Gasteiger partial charge is 0.126 e. The van der Waals surface area contributed by atoms with E-state index in [-0.39, 0.29) is 5.84 Å². The summed E-state index contributed by atoms with van der Waals surface area (Å²) in [5.41, 5.74) is 8.00. The molecule has 0 aliphatic carbocycles. The van der Waals surface area contributed by atoms with Crippen LogP contribution in [-0.2, 0) is 6.54 Å². The number of amidine groups is 1. The summed E-state index contributed by atoms with van der Waals surface area (Å²) in [6.45, 7) is 6.64. The maximum absolute atomic E-state index is 7.33. The predicted molar refractivity (Wildman–Crippen MR) is 48.4 cm³/mol. The summed E-state index contributed by atoms with van der Waals surface area (Å²) in [7, 11) is 0. The van der Waals surface area contributed by atoms with Crippen LogP contribution in [0.25, 0.3) is 0 Å². The molecule has 0 atom stereocenters. The first kappa shape index (κ1) is 8.77. The van der Waals surface area contributed by atoms with E-state index in [1.165, 1.54) is 0 Å². The van der Waals surface area contributed by atoms with E-state index in [0.717, 1.165) is 23.5 Å². The number of hydrogen-bond donors (Lipinski definition) is 2. The highest BCUT2D eigenvalue weighted by atomic mass is 15.3. The summed E-state index contributed by atoms with van der Waals surface area (Å²) in [6.07, 6.45) is 0. The maximum Gasteiger partial charge on any atom is 0.126 e. The SMILES string of the molecule is CCn1nc(C)c(C(=N)N)c1C. The number of nitrogens with one attached hydrogen (secondary N) is 1. The molecule has 4 nitrogen and oxygen atoms in total. The Morgan fingerprint density at radius 2 is 2.17 bits per heavy atom. The Kier molecular flexibility index (Phi) is 2.17. The average molecular weight is 166 g/mol. The van der Waals surface area contributed by atoms with Crippen LogP contribution in [0.2, 0.25) is 0 Å². The van der Waals surface area contributed by atoms with Crippen molar-refractivity contribution in [2.45, 2.75) is 27.3 Å². The molecule has 1 rings (SSSR count). The first-order valence-electron chi connectivity index (χ1n) is 3.96. The molecule has 0 radical (unpaired) electrons. The lowest BCUT2D eigenvalue weighted by atomic mass is 10.2. The van der Waals surface area contributed by atoms with Crippen molar-refractivity contribution in [1.29, 1.82) is 5.41 Å². The first-order chi connectivity index (χ1) is 5.57. The van der Waals surface area contributed by atoms with Crippen molar-refractivity contribution in [2.24, 2.45) is 5.73 Å². The molecule has 0 bridgehead atoms. The van der Waals surface area contributed by atoms with Crippen LogP contribution in [0.15, 0.2) is 0 Å². The fourth-order valence-electron chi connectivity index (χ4n) is 1.39. The quantitative estimate of drug-likeness (QED) is 0.504. The van der Waals surface area contributed by atoms with Gasteiger partial charge in [0, 0.05) is 12.2 Å². The van der Waals surface area contributed by atoms with Crippen molar-refractivity contribution in [3.63, 3.8) is 0 Å². The molecule has 0 unspecified atom stereocenters. The maximum atomic E-state index is 7.33. The second-order valence-corrected chi connectivity index (χ2v) is 2.78. The summed E-state index contributed by atoms with van der Waals surface area (Å²) in [6, 6.07) is 0. The Hall–Kier alpha value is -1.32. The first-order valence-corrected chi connectivity index (χ1v) is 3.96. The monoisotopic (exact) mass is 166 g/mol. The minimum Gasteiger partial charge on any atom is -0.384 e. The molecule has 66 valence electrons. The number of nitrogens with zero attached hydrogens (tertiary/aromatic N) is 2. The van der Waals surface area contributed by atoms with Crippen molar-refractivity contribution >= 4 is 5.84 Å². The summed E-state index contributed by atoms with van der Waals surface area (Å²) < 4.78 is 1.85. The van der Waals surface area contributed by atoms with Gasteiger partial charge in [-0.1, -0.05) is 0 Å². The van der Waals surface area contributed by atoms with Gasteiger partial charge in [-0.15, -0.1) is 0 Å². The molecule has 0 amide bonds. The number of aromatic nitrogens is 2. The van der Waals surface area contributed by atoms with Gasteiger partial charge in [-0.2, -0.15) is 5.10 Å². The molecule has 0 spiro atoms. The molecule has 0 aliphatic rings. The largest absolute Gasteiger partial charge is 0.384 e. The lowest BCUT2D eigenvalue weighted by molar-refractivity contribution is 0.634. The van der Waals surface area contributed by atoms with E-state index in [2.05, 4.69) is 5.10 Å². The van der Waals surface area contributed by atoms with Crippen LogP contribution in [0, 0.1) is 19.3 Å². The van der Waals surface area contributed by atoms with Crippen LogP contribution >= 0.6 is 0 Å². The third-order valence-corrected chi connectivity index (χ3v) is 1.95. The predicted octanol–water partition coefficient (Wildman–Crippen LogP) is 0.804. The minimum atomic E-state index is 0.102. The van der Waals surface area contributed by atoms with Gasteiger partial charge in [0.15, 0.2) is 0 Å². The normalized spacial score (nSPS) is 10.2. The highest BCUT2D eigenvalue weighted by molar-refractivity contribution is 5.97. The van der Waals surface area contributed by atoms with E-state index in [1.807, 2.05) is 25.5 Å². The molecular weight excluding hydrogens is 152 g/mol. The third kappa shape index (κ3) is 1.20. The summed E-state index contributed by atoms with van der Waals surface area (Å²) in [5, 5.41) is 11.6. The van der Waals surface area contributed by atoms with E-state index >= 15 is 0 Å². The summed E-state index contributed by atoms with van der Waals surface area (Å²) in [5.74, 6) is 0.102. The third-order valence-electron chi connectivity index (χ3n) is 1.95. The Morgan fingerprint density at radius 1 is 1.58 bits per heavy atom. The zero-order valence-electron chi connectivity index (χ0n) is 7.68. The van der Waals surface area contributed by atoms with Crippen molar-refractivity contribution in [2.75, 3.05) is 0 Å². The van der Waals surface area contributed by atoms with Crippen molar-refractivity contribution in [1.82, 2.24) is 9.78 Å². The van der Waals surface area contributed by atoms with Gasteiger partial charge >= 0.3 is 0 Å². The van der Waals surface area contributed by atoms with E-state index in [9.17, 15) is 0 Å². The van der Waals surface area contributed by atoms with Crippen molar-refractivity contribution in [3.8, 4) is 0 Å². The zero-order valence-corrected chi connectivity index (χ0v) is 7.68. The molecule has 4 heteroatoms. The summed E-state index contributed by atoms with van der Waals surface area (Å²) >= 11 is 0. The number of aryl methyl sites for hydroxylation is 2. The summed E-state index contributed by atoms with van der Waals surface area (Å²) in [4.78, 5) is 0. The molecule has 0 aliphatic heterocycles. The number of nitrogens with two attached hydrogens (primary N) is 1. The lowest BCUT2D eigenvalue weighted by Crippen LogP contribution is -2.13.